The molecule has 0 aliphatic carbocycles. The fraction of sp³-hybridized carbons (Fsp3) is 0. The van der Waals surface area contributed by atoms with Crippen LogP contribution in [-0.2, 0) is 19.7 Å². The van der Waals surface area contributed by atoms with Gasteiger partial charge in [0.2, 0.25) is 19.7 Å². The summed E-state index contributed by atoms with van der Waals surface area (Å²) in [6, 6.07) is 15.2. The number of nitrogens with zero attached hydrogens (tertiary/aromatic N) is 2. The molecule has 0 amide bonds. The maximum Gasteiger partial charge on any atom is 0.311 e. The molecule has 128 valence electrons. The first-order valence-electron chi connectivity index (χ1n) is 6.97. The number of aromatic nitrogens is 2. The zero-order valence-electron chi connectivity index (χ0n) is 12.6. The number of hydrogen-bond acceptors (Lipinski definition) is 6. The molecule has 1 heterocycles. The van der Waals surface area contributed by atoms with E-state index in [-0.39, 0.29) is 9.79 Å². The summed E-state index contributed by atoms with van der Waals surface area (Å²) in [5.74, 6) is 0. The summed E-state index contributed by atoms with van der Waals surface area (Å²) < 4.78 is 64.0. The molecule has 0 unspecified atom stereocenters. The monoisotopic (exact) mass is 378 g/mol. The highest BCUT2D eigenvalue weighted by atomic mass is 32.2. The zero-order chi connectivity index (χ0) is 18.1. The lowest BCUT2D eigenvalue weighted by Gasteiger charge is -2.07. The molecular weight excluding hydrogens is 367 g/mol. The summed E-state index contributed by atoms with van der Waals surface area (Å²) in [6.07, 6.45) is -1.44. The van der Waals surface area contributed by atoms with Crippen molar-refractivity contribution in [2.45, 2.75) is 19.8 Å². The largest absolute Gasteiger partial charge is 0.311 e. The maximum absolute atomic E-state index is 13.8. The summed E-state index contributed by atoms with van der Waals surface area (Å²) in [4.78, 5) is 6.26. The first kappa shape index (κ1) is 17.2. The summed E-state index contributed by atoms with van der Waals surface area (Å²) in [5, 5.41) is -1.44. The molecule has 0 atom stereocenters. The first-order chi connectivity index (χ1) is 11.8. The topological polar surface area (TPSA) is 94.1 Å². The second-order valence-corrected chi connectivity index (χ2v) is 8.74. The van der Waals surface area contributed by atoms with Crippen molar-refractivity contribution in [2.24, 2.45) is 0 Å². The fourth-order valence-electron chi connectivity index (χ4n) is 2.09. The third-order valence-corrected chi connectivity index (χ3v) is 6.61. The van der Waals surface area contributed by atoms with Crippen molar-refractivity contribution >= 4 is 19.7 Å². The molecule has 2 aromatic carbocycles. The van der Waals surface area contributed by atoms with Gasteiger partial charge in [0.1, 0.15) is 0 Å². The Kier molecular flexibility index (Phi) is 4.36. The molecule has 0 spiro atoms. The molecule has 25 heavy (non-hydrogen) atoms. The average molecular weight is 378 g/mol. The van der Waals surface area contributed by atoms with Gasteiger partial charge in [-0.1, -0.05) is 36.4 Å². The van der Waals surface area contributed by atoms with Gasteiger partial charge in [-0.15, -0.1) is 0 Å². The molecule has 0 saturated heterocycles. The number of rotatable bonds is 4. The van der Waals surface area contributed by atoms with E-state index in [1.807, 2.05) is 0 Å². The number of benzene rings is 2. The van der Waals surface area contributed by atoms with Gasteiger partial charge in [0.05, 0.1) is 9.79 Å². The Morgan fingerprint density at radius 1 is 0.640 bits per heavy atom. The first-order valence-corrected chi connectivity index (χ1v) is 9.93. The third-order valence-electron chi connectivity index (χ3n) is 3.31. The third kappa shape index (κ3) is 3.28. The van der Waals surface area contributed by atoms with E-state index in [4.69, 9.17) is 0 Å². The van der Waals surface area contributed by atoms with Crippen LogP contribution in [0.1, 0.15) is 0 Å². The second-order valence-electron chi connectivity index (χ2n) is 4.95. The predicted molar refractivity (Wildman–Crippen MR) is 85.8 cm³/mol. The van der Waals surface area contributed by atoms with E-state index in [2.05, 4.69) is 9.97 Å². The van der Waals surface area contributed by atoms with Gasteiger partial charge >= 0.3 is 6.08 Å². The smallest absolute Gasteiger partial charge is 0.217 e. The van der Waals surface area contributed by atoms with Crippen LogP contribution in [0.2, 0.25) is 0 Å². The predicted octanol–water partition coefficient (Wildman–Crippen LogP) is 2.28. The van der Waals surface area contributed by atoms with E-state index in [0.717, 1.165) is 6.07 Å². The van der Waals surface area contributed by atoms with Crippen molar-refractivity contribution in [3.8, 4) is 0 Å². The Hall–Kier alpha value is -2.65. The quantitative estimate of drug-likeness (QED) is 0.511. The van der Waals surface area contributed by atoms with Crippen LogP contribution in [0.15, 0.2) is 86.6 Å². The van der Waals surface area contributed by atoms with E-state index in [9.17, 15) is 21.2 Å². The lowest BCUT2D eigenvalue weighted by Crippen LogP contribution is -2.12. The standard InChI is InChI=1S/C16H11FN2O4S2/c17-16-18-14(24(20,21)12-7-3-1-4-8-12)11-15(19-16)25(22,23)13-9-5-2-6-10-13/h1-11H. The van der Waals surface area contributed by atoms with Crippen molar-refractivity contribution < 1.29 is 21.2 Å². The SMILES string of the molecule is O=S(=O)(c1ccccc1)c1cc(S(=O)(=O)c2ccccc2)nc(F)n1. The van der Waals surface area contributed by atoms with Crippen molar-refractivity contribution in [1.82, 2.24) is 9.97 Å². The normalized spacial score (nSPS) is 12.0. The summed E-state index contributed by atoms with van der Waals surface area (Å²) in [7, 11) is -8.36. The number of sulfone groups is 2. The Morgan fingerprint density at radius 2 is 1.00 bits per heavy atom. The molecule has 0 aliphatic heterocycles. The van der Waals surface area contributed by atoms with Crippen LogP contribution in [-0.4, -0.2) is 26.8 Å². The molecule has 3 rings (SSSR count). The van der Waals surface area contributed by atoms with Gasteiger partial charge in [0, 0.05) is 6.07 Å². The van der Waals surface area contributed by atoms with Crippen molar-refractivity contribution in [3.05, 3.63) is 72.8 Å². The zero-order valence-corrected chi connectivity index (χ0v) is 14.2. The molecule has 0 aliphatic rings. The minimum absolute atomic E-state index is 0.129. The highest BCUT2D eigenvalue weighted by molar-refractivity contribution is 7.92. The molecular formula is C16H11FN2O4S2. The minimum atomic E-state index is -4.18. The molecule has 3 aromatic rings. The van der Waals surface area contributed by atoms with E-state index < -0.39 is 35.8 Å². The van der Waals surface area contributed by atoms with Gasteiger partial charge in [-0.3, -0.25) is 0 Å². The van der Waals surface area contributed by atoms with Crippen LogP contribution in [0.5, 0.6) is 0 Å². The Bertz CT molecular complexity index is 1030. The maximum atomic E-state index is 13.8. The van der Waals surface area contributed by atoms with Crippen LogP contribution in [0.3, 0.4) is 0 Å². The highest BCUT2D eigenvalue weighted by Gasteiger charge is 2.26. The van der Waals surface area contributed by atoms with Crippen LogP contribution >= 0.6 is 0 Å². The van der Waals surface area contributed by atoms with Gasteiger partial charge < -0.3 is 0 Å². The Morgan fingerprint density at radius 3 is 1.36 bits per heavy atom. The Labute approximate surface area is 143 Å². The number of halogens is 1. The van der Waals surface area contributed by atoms with Gasteiger partial charge in [-0.2, -0.15) is 14.4 Å². The molecule has 0 saturated carbocycles. The van der Waals surface area contributed by atoms with Gasteiger partial charge in [0.15, 0.2) is 10.1 Å². The lowest BCUT2D eigenvalue weighted by molar-refractivity contribution is 0.501. The molecule has 9 heteroatoms. The highest BCUT2D eigenvalue weighted by Crippen LogP contribution is 2.24. The van der Waals surface area contributed by atoms with Gasteiger partial charge in [-0.05, 0) is 24.3 Å². The van der Waals surface area contributed by atoms with E-state index in [1.54, 1.807) is 12.1 Å². The summed E-state index contributed by atoms with van der Waals surface area (Å²) >= 11 is 0. The van der Waals surface area contributed by atoms with Crippen molar-refractivity contribution in [2.75, 3.05) is 0 Å². The van der Waals surface area contributed by atoms with E-state index in [1.165, 1.54) is 48.5 Å². The summed E-state index contributed by atoms with van der Waals surface area (Å²) in [6.45, 7) is 0. The van der Waals surface area contributed by atoms with Crippen LogP contribution in [0.25, 0.3) is 0 Å². The van der Waals surface area contributed by atoms with Crippen molar-refractivity contribution in [1.29, 1.82) is 0 Å². The van der Waals surface area contributed by atoms with Crippen molar-refractivity contribution in [3.63, 3.8) is 0 Å². The van der Waals surface area contributed by atoms with Crippen LogP contribution < -0.4 is 0 Å². The molecule has 6 nitrogen and oxygen atoms in total. The lowest BCUT2D eigenvalue weighted by atomic mass is 10.4. The van der Waals surface area contributed by atoms with Gasteiger partial charge in [0.25, 0.3) is 0 Å². The average Bonchev–Trinajstić information content (AvgIpc) is 2.62. The summed E-state index contributed by atoms with van der Waals surface area (Å²) in [5.41, 5.74) is 0. The molecule has 0 N–H and O–H groups in total. The molecule has 1 aromatic heterocycles. The van der Waals surface area contributed by atoms with E-state index in [0.29, 0.717) is 0 Å². The molecule has 0 radical (unpaired) electrons. The van der Waals surface area contributed by atoms with Crippen LogP contribution in [0.4, 0.5) is 4.39 Å². The Balaban J connectivity index is 2.18. The van der Waals surface area contributed by atoms with Gasteiger partial charge in [-0.25, -0.2) is 16.8 Å². The number of hydrogen-bond donors (Lipinski definition) is 0. The molecule has 0 bridgehead atoms. The minimum Gasteiger partial charge on any atom is -0.217 e. The fourth-order valence-corrected chi connectivity index (χ4v) is 4.61. The second kappa shape index (κ2) is 6.34. The molecule has 0 fully saturated rings. The van der Waals surface area contributed by atoms with Crippen LogP contribution in [0, 0.1) is 6.08 Å². The van der Waals surface area contributed by atoms with E-state index >= 15 is 0 Å².